The van der Waals surface area contributed by atoms with Crippen LogP contribution >= 0.6 is 0 Å². The molecule has 0 saturated carbocycles. The van der Waals surface area contributed by atoms with Crippen LogP contribution in [-0.2, 0) is 40.4 Å². The number of primary amides is 1. The highest BCUT2D eigenvalue weighted by atomic mass is 32.2. The van der Waals surface area contributed by atoms with Gasteiger partial charge in [0.2, 0.25) is 27.7 Å². The predicted octanol–water partition coefficient (Wildman–Crippen LogP) is 2.55. The van der Waals surface area contributed by atoms with Gasteiger partial charge in [-0.1, -0.05) is 44.2 Å². The van der Waals surface area contributed by atoms with Gasteiger partial charge in [0.15, 0.2) is 0 Å². The maximum absolute atomic E-state index is 14.2. The predicted molar refractivity (Wildman–Crippen MR) is 172 cm³/mol. The first-order valence-electron chi connectivity index (χ1n) is 15.3. The highest BCUT2D eigenvalue weighted by Gasteiger charge is 2.45. The molecule has 15 heteroatoms. The Morgan fingerprint density at radius 2 is 1.68 bits per heavy atom. The molecule has 47 heavy (non-hydrogen) atoms. The van der Waals surface area contributed by atoms with Crippen LogP contribution < -0.4 is 11.1 Å². The molecular weight excluding hydrogens is 630 g/mol. The summed E-state index contributed by atoms with van der Waals surface area (Å²) in [7, 11) is -4.27. The van der Waals surface area contributed by atoms with Gasteiger partial charge in [-0.2, -0.15) is 4.31 Å². The van der Waals surface area contributed by atoms with Crippen molar-refractivity contribution in [3.8, 4) is 0 Å². The van der Waals surface area contributed by atoms with E-state index >= 15 is 0 Å². The van der Waals surface area contributed by atoms with E-state index in [1.165, 1.54) is 4.90 Å². The number of benzene rings is 2. The lowest BCUT2D eigenvalue weighted by molar-refractivity contribution is -0.384. The third kappa shape index (κ3) is 10.1. The minimum absolute atomic E-state index is 0.0543. The van der Waals surface area contributed by atoms with Crippen LogP contribution in [0.2, 0.25) is 0 Å². The molecule has 0 bridgehead atoms. The molecule has 3 rings (SSSR count). The second-order valence-electron chi connectivity index (χ2n) is 12.8. The van der Waals surface area contributed by atoms with Crippen LogP contribution in [0, 0.1) is 16.0 Å². The molecule has 1 aliphatic rings. The van der Waals surface area contributed by atoms with Gasteiger partial charge in [0, 0.05) is 38.1 Å². The third-order valence-corrected chi connectivity index (χ3v) is 9.39. The summed E-state index contributed by atoms with van der Waals surface area (Å²) in [6, 6.07) is 9.78. The van der Waals surface area contributed by atoms with E-state index in [4.69, 9.17) is 10.5 Å². The van der Waals surface area contributed by atoms with Crippen molar-refractivity contribution < 1.29 is 37.3 Å². The molecule has 0 unspecified atom stereocenters. The Kier molecular flexibility index (Phi) is 12.2. The molecule has 1 saturated heterocycles. The number of carbonyl (C=O) groups is 4. The number of ether oxygens (including phenoxy) is 1. The Bertz CT molecular complexity index is 1560. The minimum Gasteiger partial charge on any atom is -0.458 e. The van der Waals surface area contributed by atoms with Crippen molar-refractivity contribution in [2.75, 3.05) is 13.1 Å². The summed E-state index contributed by atoms with van der Waals surface area (Å²) >= 11 is 0. The highest BCUT2D eigenvalue weighted by molar-refractivity contribution is 7.89. The largest absolute Gasteiger partial charge is 0.458 e. The molecule has 0 radical (unpaired) electrons. The molecule has 2 aromatic carbocycles. The second-order valence-corrected chi connectivity index (χ2v) is 14.7. The van der Waals surface area contributed by atoms with Crippen LogP contribution in [0.1, 0.15) is 59.4 Å². The van der Waals surface area contributed by atoms with Crippen LogP contribution in [0.3, 0.4) is 0 Å². The number of sulfonamides is 1. The van der Waals surface area contributed by atoms with Gasteiger partial charge in [0.25, 0.3) is 5.69 Å². The quantitative estimate of drug-likeness (QED) is 0.172. The topological polar surface area (TPSA) is 199 Å². The number of nitrogens with two attached hydrogens (primary N) is 1. The number of amides is 3. The smallest absolute Gasteiger partial charge is 0.329 e. The van der Waals surface area contributed by atoms with Crippen LogP contribution in [0.5, 0.6) is 0 Å². The fraction of sp³-hybridized carbons (Fsp3) is 0.500. The number of hydrogen-bond donors (Lipinski definition) is 2. The normalized spacial score (nSPS) is 17.2. The molecule has 0 aromatic heterocycles. The lowest BCUT2D eigenvalue weighted by Crippen LogP contribution is -2.64. The van der Waals surface area contributed by atoms with Crippen LogP contribution in [0.15, 0.2) is 59.5 Å². The van der Waals surface area contributed by atoms with Crippen molar-refractivity contribution in [2.45, 2.75) is 88.9 Å². The van der Waals surface area contributed by atoms with Gasteiger partial charge in [0.05, 0.1) is 9.82 Å². The van der Waals surface area contributed by atoms with E-state index in [9.17, 15) is 37.7 Å². The molecule has 1 heterocycles. The van der Waals surface area contributed by atoms with E-state index in [0.717, 1.165) is 28.6 Å². The maximum atomic E-state index is 14.2. The van der Waals surface area contributed by atoms with Gasteiger partial charge in [0.1, 0.15) is 23.7 Å². The van der Waals surface area contributed by atoms with Gasteiger partial charge in [-0.3, -0.25) is 24.5 Å². The Hall–Kier alpha value is -4.37. The van der Waals surface area contributed by atoms with E-state index < -0.39 is 62.4 Å². The summed E-state index contributed by atoms with van der Waals surface area (Å²) in [5.74, 6) is -2.85. The van der Waals surface area contributed by atoms with Crippen molar-refractivity contribution in [2.24, 2.45) is 11.7 Å². The number of piperazine rings is 1. The first kappa shape index (κ1) is 37.1. The standard InChI is InChI=1S/C32H43N5O9S/c1-21(2)19-27-30(40)35(17-18-36(27)47(44,45)24-13-11-23(12-14-24)37(42)43)26(20-22-9-7-6-8-10-22)29(39)34-25(15-16-28(33)38)31(41)46-32(3,4)5/h6-14,21,25-27H,15-20H2,1-5H3,(H2,33,38)(H,34,39)/t25-,26-,27-/m0/s1. The number of hydrogen-bond acceptors (Lipinski definition) is 9. The second kappa shape index (κ2) is 15.5. The van der Waals surface area contributed by atoms with Crippen LogP contribution in [-0.4, -0.2) is 83.1 Å². The van der Waals surface area contributed by atoms with Gasteiger partial charge in [-0.25, -0.2) is 13.2 Å². The molecular formula is C32H43N5O9S. The van der Waals surface area contributed by atoms with Gasteiger partial charge < -0.3 is 20.7 Å². The summed E-state index contributed by atoms with van der Waals surface area (Å²) < 4.78 is 34.1. The molecule has 0 spiro atoms. The summed E-state index contributed by atoms with van der Waals surface area (Å²) in [4.78, 5) is 64.5. The van der Waals surface area contributed by atoms with E-state index in [-0.39, 0.29) is 55.3 Å². The maximum Gasteiger partial charge on any atom is 0.329 e. The number of nitrogens with zero attached hydrogens (tertiary/aromatic N) is 3. The molecule has 14 nitrogen and oxygen atoms in total. The average molecular weight is 674 g/mol. The summed E-state index contributed by atoms with van der Waals surface area (Å²) in [5.41, 5.74) is 4.87. The summed E-state index contributed by atoms with van der Waals surface area (Å²) in [6.07, 6.45) is -0.138. The van der Waals surface area contributed by atoms with Crippen molar-refractivity contribution in [3.05, 3.63) is 70.3 Å². The average Bonchev–Trinajstić information content (AvgIpc) is 2.98. The fourth-order valence-electron chi connectivity index (χ4n) is 5.28. The molecule has 3 amide bonds. The third-order valence-electron chi connectivity index (χ3n) is 7.46. The molecule has 3 N–H and O–H groups in total. The van der Waals surface area contributed by atoms with Crippen molar-refractivity contribution in [1.82, 2.24) is 14.5 Å². The van der Waals surface area contributed by atoms with Crippen LogP contribution in [0.25, 0.3) is 0 Å². The summed E-state index contributed by atoms with van der Waals surface area (Å²) in [5, 5.41) is 13.8. The lowest BCUT2D eigenvalue weighted by atomic mass is 9.97. The number of nitro groups is 1. The van der Waals surface area contributed by atoms with E-state index in [0.29, 0.717) is 5.56 Å². The molecule has 1 aliphatic heterocycles. The highest BCUT2D eigenvalue weighted by Crippen LogP contribution is 2.29. The molecule has 2 aromatic rings. The van der Waals surface area contributed by atoms with Gasteiger partial charge in [-0.05, 0) is 57.2 Å². The zero-order valence-electron chi connectivity index (χ0n) is 27.2. The first-order valence-corrected chi connectivity index (χ1v) is 16.8. The Morgan fingerprint density at radius 3 is 2.21 bits per heavy atom. The molecule has 3 atom stereocenters. The Balaban J connectivity index is 1.99. The zero-order chi connectivity index (χ0) is 35.1. The van der Waals surface area contributed by atoms with E-state index in [1.54, 1.807) is 51.1 Å². The summed E-state index contributed by atoms with van der Waals surface area (Å²) in [6.45, 7) is 8.35. The molecule has 1 fully saturated rings. The lowest BCUT2D eigenvalue weighted by Gasteiger charge is -2.43. The fourth-order valence-corrected chi connectivity index (χ4v) is 6.87. The Labute approximate surface area is 274 Å². The van der Waals surface area contributed by atoms with Crippen molar-refractivity contribution in [3.63, 3.8) is 0 Å². The number of esters is 1. The SMILES string of the molecule is CC(C)C[C@H]1C(=O)N([C@@H](Cc2ccccc2)C(=O)N[C@@H](CCC(N)=O)C(=O)OC(C)(C)C)CCN1S(=O)(=O)c1ccc([N+](=O)[O-])cc1. The minimum atomic E-state index is -4.27. The number of non-ortho nitro benzene ring substituents is 1. The van der Waals surface area contributed by atoms with E-state index in [1.807, 2.05) is 13.8 Å². The Morgan fingerprint density at radius 1 is 1.06 bits per heavy atom. The monoisotopic (exact) mass is 673 g/mol. The van der Waals surface area contributed by atoms with Gasteiger partial charge >= 0.3 is 5.97 Å². The number of carbonyl (C=O) groups excluding carboxylic acids is 4. The molecule has 0 aliphatic carbocycles. The van der Waals surface area contributed by atoms with Crippen molar-refractivity contribution in [1.29, 1.82) is 0 Å². The zero-order valence-corrected chi connectivity index (χ0v) is 28.1. The van der Waals surface area contributed by atoms with Crippen molar-refractivity contribution >= 4 is 39.4 Å². The van der Waals surface area contributed by atoms with E-state index in [2.05, 4.69) is 5.32 Å². The first-order chi connectivity index (χ1) is 21.9. The number of nitro benzene ring substituents is 1. The number of rotatable bonds is 14. The molecule has 256 valence electrons. The van der Waals surface area contributed by atoms with Crippen LogP contribution in [0.4, 0.5) is 5.69 Å². The van der Waals surface area contributed by atoms with Gasteiger partial charge in [-0.15, -0.1) is 0 Å². The number of nitrogens with one attached hydrogen (secondary N) is 1.